The van der Waals surface area contributed by atoms with Crippen molar-refractivity contribution < 1.29 is 19.2 Å². The molecule has 0 radical (unpaired) electrons. The van der Waals surface area contributed by atoms with Crippen LogP contribution < -0.4 is 14.8 Å². The SMILES string of the molecule is CCOc1c(Cl)cc(CNC(=O)c2ccccc2[N+](=O)[O-])cc1OC. The predicted octanol–water partition coefficient (Wildman–Crippen LogP) is 3.59. The molecule has 1 N–H and O–H groups in total. The molecule has 0 heterocycles. The number of para-hydroxylation sites is 1. The lowest BCUT2D eigenvalue weighted by atomic mass is 10.1. The van der Waals surface area contributed by atoms with E-state index >= 15 is 0 Å². The summed E-state index contributed by atoms with van der Waals surface area (Å²) in [5.74, 6) is 0.334. The molecule has 7 nitrogen and oxygen atoms in total. The Kier molecular flexibility index (Phi) is 6.19. The predicted molar refractivity (Wildman–Crippen MR) is 93.4 cm³/mol. The van der Waals surface area contributed by atoms with E-state index in [4.69, 9.17) is 21.1 Å². The van der Waals surface area contributed by atoms with Crippen molar-refractivity contribution in [1.29, 1.82) is 0 Å². The average Bonchev–Trinajstić information content (AvgIpc) is 2.61. The summed E-state index contributed by atoms with van der Waals surface area (Å²) in [5.41, 5.74) is 0.427. The number of halogens is 1. The molecular weight excluding hydrogens is 348 g/mol. The van der Waals surface area contributed by atoms with Crippen LogP contribution in [0.25, 0.3) is 0 Å². The van der Waals surface area contributed by atoms with Crippen molar-refractivity contribution in [3.63, 3.8) is 0 Å². The van der Waals surface area contributed by atoms with Crippen molar-refractivity contribution in [3.8, 4) is 11.5 Å². The fraction of sp³-hybridized carbons (Fsp3) is 0.235. The number of nitrogens with one attached hydrogen (secondary N) is 1. The molecule has 0 fully saturated rings. The quantitative estimate of drug-likeness (QED) is 0.599. The van der Waals surface area contributed by atoms with Gasteiger partial charge in [0.1, 0.15) is 5.56 Å². The molecule has 0 atom stereocenters. The number of methoxy groups -OCH3 is 1. The van der Waals surface area contributed by atoms with Gasteiger partial charge in [-0.05, 0) is 30.7 Å². The first-order valence-electron chi connectivity index (χ1n) is 7.48. The normalized spacial score (nSPS) is 10.2. The number of hydrogen-bond acceptors (Lipinski definition) is 5. The third kappa shape index (κ3) is 4.39. The van der Waals surface area contributed by atoms with Gasteiger partial charge in [-0.15, -0.1) is 0 Å². The summed E-state index contributed by atoms with van der Waals surface area (Å²) in [6.07, 6.45) is 0. The van der Waals surface area contributed by atoms with Gasteiger partial charge >= 0.3 is 0 Å². The number of benzene rings is 2. The zero-order valence-electron chi connectivity index (χ0n) is 13.7. The average molecular weight is 365 g/mol. The Morgan fingerprint density at radius 3 is 2.68 bits per heavy atom. The van der Waals surface area contributed by atoms with E-state index in [0.717, 1.165) is 0 Å². The fourth-order valence-electron chi connectivity index (χ4n) is 2.26. The summed E-state index contributed by atoms with van der Waals surface area (Å²) >= 11 is 6.18. The summed E-state index contributed by atoms with van der Waals surface area (Å²) in [7, 11) is 1.49. The molecule has 0 aliphatic rings. The van der Waals surface area contributed by atoms with Crippen LogP contribution in [0, 0.1) is 10.1 Å². The number of hydrogen-bond donors (Lipinski definition) is 1. The Morgan fingerprint density at radius 2 is 2.04 bits per heavy atom. The van der Waals surface area contributed by atoms with E-state index < -0.39 is 10.8 Å². The van der Waals surface area contributed by atoms with E-state index in [-0.39, 0.29) is 17.8 Å². The van der Waals surface area contributed by atoms with Gasteiger partial charge in [0.05, 0.1) is 23.7 Å². The highest BCUT2D eigenvalue weighted by Gasteiger charge is 2.19. The molecule has 0 saturated carbocycles. The molecule has 0 aliphatic carbocycles. The largest absolute Gasteiger partial charge is 0.493 e. The van der Waals surface area contributed by atoms with Crippen molar-refractivity contribution in [3.05, 3.63) is 62.7 Å². The van der Waals surface area contributed by atoms with Gasteiger partial charge in [-0.2, -0.15) is 0 Å². The number of carbonyl (C=O) groups is 1. The monoisotopic (exact) mass is 364 g/mol. The van der Waals surface area contributed by atoms with Crippen molar-refractivity contribution in [2.24, 2.45) is 0 Å². The number of carbonyl (C=O) groups excluding carboxylic acids is 1. The first-order chi connectivity index (χ1) is 12.0. The van der Waals surface area contributed by atoms with E-state index in [2.05, 4.69) is 5.32 Å². The Hall–Kier alpha value is -2.80. The highest BCUT2D eigenvalue weighted by Crippen LogP contribution is 2.36. The van der Waals surface area contributed by atoms with Gasteiger partial charge in [0.2, 0.25) is 0 Å². The van der Waals surface area contributed by atoms with Crippen LogP contribution in [0.4, 0.5) is 5.69 Å². The number of ether oxygens (including phenoxy) is 2. The molecule has 0 saturated heterocycles. The highest BCUT2D eigenvalue weighted by atomic mass is 35.5. The molecule has 0 bridgehead atoms. The lowest BCUT2D eigenvalue weighted by Gasteiger charge is -2.13. The second-order valence-electron chi connectivity index (χ2n) is 5.00. The van der Waals surface area contributed by atoms with E-state index in [1.807, 2.05) is 6.92 Å². The number of nitro benzene ring substituents is 1. The molecule has 0 aliphatic heterocycles. The summed E-state index contributed by atoms with van der Waals surface area (Å²) in [6, 6.07) is 9.10. The van der Waals surface area contributed by atoms with Gasteiger partial charge in [-0.1, -0.05) is 23.7 Å². The number of nitrogens with zero attached hydrogens (tertiary/aromatic N) is 1. The lowest BCUT2D eigenvalue weighted by molar-refractivity contribution is -0.385. The third-order valence-corrected chi connectivity index (χ3v) is 3.66. The van der Waals surface area contributed by atoms with Crippen molar-refractivity contribution in [2.45, 2.75) is 13.5 Å². The minimum absolute atomic E-state index is 0.00324. The summed E-state index contributed by atoms with van der Waals surface area (Å²) < 4.78 is 10.7. The van der Waals surface area contributed by atoms with Gasteiger partial charge < -0.3 is 14.8 Å². The molecule has 0 spiro atoms. The number of rotatable bonds is 7. The molecule has 8 heteroatoms. The van der Waals surface area contributed by atoms with Crippen LogP contribution in [0.5, 0.6) is 11.5 Å². The maximum Gasteiger partial charge on any atom is 0.282 e. The summed E-state index contributed by atoms with van der Waals surface area (Å²) in [6.45, 7) is 2.40. The van der Waals surface area contributed by atoms with E-state index in [9.17, 15) is 14.9 Å². The first-order valence-corrected chi connectivity index (χ1v) is 7.86. The molecule has 2 aromatic carbocycles. The minimum Gasteiger partial charge on any atom is -0.493 e. The van der Waals surface area contributed by atoms with Crippen LogP contribution in [-0.4, -0.2) is 24.5 Å². The van der Waals surface area contributed by atoms with Gasteiger partial charge in [0, 0.05) is 12.6 Å². The molecule has 0 unspecified atom stereocenters. The standard InChI is InChI=1S/C17H17ClN2O5/c1-3-25-16-13(18)8-11(9-15(16)24-2)10-19-17(21)12-6-4-5-7-14(12)20(22)23/h4-9H,3,10H2,1-2H3,(H,19,21). The molecule has 2 aromatic rings. The lowest BCUT2D eigenvalue weighted by Crippen LogP contribution is -2.23. The van der Waals surface area contributed by atoms with Gasteiger partial charge in [0.25, 0.3) is 11.6 Å². The summed E-state index contributed by atoms with van der Waals surface area (Å²) in [5, 5.41) is 14.0. The number of amides is 1. The molecule has 0 aromatic heterocycles. The van der Waals surface area contributed by atoms with Crippen molar-refractivity contribution >= 4 is 23.2 Å². The van der Waals surface area contributed by atoms with Crippen LogP contribution in [0.1, 0.15) is 22.8 Å². The summed E-state index contributed by atoms with van der Waals surface area (Å²) in [4.78, 5) is 22.7. The zero-order valence-corrected chi connectivity index (χ0v) is 14.5. The van der Waals surface area contributed by atoms with E-state index in [0.29, 0.717) is 28.7 Å². The highest BCUT2D eigenvalue weighted by molar-refractivity contribution is 6.32. The van der Waals surface area contributed by atoms with Gasteiger partial charge in [-0.3, -0.25) is 14.9 Å². The van der Waals surface area contributed by atoms with Crippen LogP contribution >= 0.6 is 11.6 Å². The molecule has 132 valence electrons. The maximum absolute atomic E-state index is 12.2. The zero-order chi connectivity index (χ0) is 18.4. The van der Waals surface area contributed by atoms with Crippen molar-refractivity contribution in [1.82, 2.24) is 5.32 Å². The maximum atomic E-state index is 12.2. The van der Waals surface area contributed by atoms with Gasteiger partial charge in [-0.25, -0.2) is 0 Å². The fourth-order valence-corrected chi connectivity index (χ4v) is 2.55. The molecule has 1 amide bonds. The van der Waals surface area contributed by atoms with Crippen LogP contribution in [0.3, 0.4) is 0 Å². The van der Waals surface area contributed by atoms with Gasteiger partial charge in [0.15, 0.2) is 11.5 Å². The number of nitro groups is 1. The Morgan fingerprint density at radius 1 is 1.32 bits per heavy atom. The van der Waals surface area contributed by atoms with E-state index in [1.165, 1.54) is 25.3 Å². The van der Waals surface area contributed by atoms with Crippen LogP contribution in [0.15, 0.2) is 36.4 Å². The van der Waals surface area contributed by atoms with Crippen LogP contribution in [-0.2, 0) is 6.54 Å². The van der Waals surface area contributed by atoms with Crippen molar-refractivity contribution in [2.75, 3.05) is 13.7 Å². The topological polar surface area (TPSA) is 90.7 Å². The smallest absolute Gasteiger partial charge is 0.282 e. The minimum atomic E-state index is -0.592. The molecule has 2 rings (SSSR count). The van der Waals surface area contributed by atoms with Crippen LogP contribution in [0.2, 0.25) is 5.02 Å². The molecular formula is C17H17ClN2O5. The molecule has 25 heavy (non-hydrogen) atoms. The second kappa shape index (κ2) is 8.34. The Labute approximate surface area is 149 Å². The first kappa shape index (κ1) is 18.5. The van der Waals surface area contributed by atoms with E-state index in [1.54, 1.807) is 18.2 Å². The Bertz CT molecular complexity index is 795. The second-order valence-corrected chi connectivity index (χ2v) is 5.41. The Balaban J connectivity index is 2.18. The third-order valence-electron chi connectivity index (χ3n) is 3.38.